The van der Waals surface area contributed by atoms with Crippen molar-refractivity contribution in [1.82, 2.24) is 0 Å². The first kappa shape index (κ1) is 16.0. The largest absolute Gasteiger partial charge is 0.417 e. The highest BCUT2D eigenvalue weighted by molar-refractivity contribution is 7.17. The first-order valence-electron chi connectivity index (χ1n) is 6.21. The van der Waals surface area contributed by atoms with E-state index in [4.69, 9.17) is 11.6 Å². The van der Waals surface area contributed by atoms with Crippen LogP contribution in [0.3, 0.4) is 0 Å². The molecule has 0 aliphatic rings. The fourth-order valence-corrected chi connectivity index (χ4v) is 3.17. The van der Waals surface area contributed by atoms with E-state index >= 15 is 0 Å². The molecule has 1 heterocycles. The van der Waals surface area contributed by atoms with Gasteiger partial charge < -0.3 is 0 Å². The maximum Gasteiger partial charge on any atom is 0.417 e. The molecule has 0 radical (unpaired) electrons. The van der Waals surface area contributed by atoms with Gasteiger partial charge in [-0.15, -0.1) is 11.3 Å². The average Bonchev–Trinajstić information content (AvgIpc) is 2.86. The minimum Gasteiger partial charge on any atom is -0.293 e. The highest BCUT2D eigenvalue weighted by Crippen LogP contribution is 2.41. The van der Waals surface area contributed by atoms with Crippen LogP contribution in [0.4, 0.5) is 13.2 Å². The summed E-state index contributed by atoms with van der Waals surface area (Å²) >= 11 is 6.72. The Morgan fingerprint density at radius 3 is 2.43 bits per heavy atom. The average molecular weight is 333 g/mol. The van der Waals surface area contributed by atoms with E-state index in [9.17, 15) is 18.0 Å². The number of benzene rings is 1. The molecule has 0 spiro atoms. The van der Waals surface area contributed by atoms with Crippen LogP contribution in [0.1, 0.15) is 29.1 Å². The molecule has 0 amide bonds. The summed E-state index contributed by atoms with van der Waals surface area (Å²) in [4.78, 5) is 12.8. The van der Waals surface area contributed by atoms with Gasteiger partial charge in [0.15, 0.2) is 5.78 Å². The third-order valence-corrected chi connectivity index (χ3v) is 4.29. The fraction of sp³-hybridized carbons (Fsp3) is 0.267. The van der Waals surface area contributed by atoms with Crippen LogP contribution in [-0.2, 0) is 6.18 Å². The van der Waals surface area contributed by atoms with E-state index in [1.54, 1.807) is 26.0 Å². The summed E-state index contributed by atoms with van der Waals surface area (Å²) in [5, 5.41) is 0.0288. The molecule has 0 unspecified atom stereocenters. The van der Waals surface area contributed by atoms with Gasteiger partial charge in [0, 0.05) is 21.4 Å². The Balaban J connectivity index is 2.51. The fourth-order valence-electron chi connectivity index (χ4n) is 1.87. The Morgan fingerprint density at radius 2 is 1.86 bits per heavy atom. The van der Waals surface area contributed by atoms with Crippen LogP contribution in [0.5, 0.6) is 0 Å². The molecule has 0 bridgehead atoms. The highest BCUT2D eigenvalue weighted by atomic mass is 35.5. The van der Waals surface area contributed by atoms with Gasteiger partial charge in [-0.3, -0.25) is 4.79 Å². The van der Waals surface area contributed by atoms with E-state index in [2.05, 4.69) is 0 Å². The van der Waals surface area contributed by atoms with Crippen molar-refractivity contribution in [3.05, 3.63) is 45.8 Å². The molecule has 112 valence electrons. The van der Waals surface area contributed by atoms with Crippen LogP contribution in [0.2, 0.25) is 5.02 Å². The quantitative estimate of drug-likeness (QED) is 0.637. The topological polar surface area (TPSA) is 17.1 Å². The van der Waals surface area contributed by atoms with Crippen molar-refractivity contribution in [3.63, 3.8) is 0 Å². The SMILES string of the molecule is CC(C)C(=O)c1ccc(-c2ccc(Cl)cc2C(F)(F)F)s1. The summed E-state index contributed by atoms with van der Waals surface area (Å²) in [5.74, 6) is -0.266. The Morgan fingerprint density at radius 1 is 1.19 bits per heavy atom. The van der Waals surface area contributed by atoms with E-state index in [1.807, 2.05) is 0 Å². The van der Waals surface area contributed by atoms with E-state index in [-0.39, 0.29) is 22.3 Å². The zero-order valence-electron chi connectivity index (χ0n) is 11.3. The predicted molar refractivity (Wildman–Crippen MR) is 78.9 cm³/mol. The van der Waals surface area contributed by atoms with Crippen molar-refractivity contribution in [3.8, 4) is 10.4 Å². The molecule has 0 aliphatic heterocycles. The number of hydrogen-bond donors (Lipinski definition) is 0. The lowest BCUT2D eigenvalue weighted by atomic mass is 10.1. The molecule has 2 rings (SSSR count). The van der Waals surface area contributed by atoms with Gasteiger partial charge in [0.1, 0.15) is 0 Å². The second-order valence-electron chi connectivity index (χ2n) is 4.87. The molecule has 0 N–H and O–H groups in total. The Hall–Kier alpha value is -1.33. The molecule has 0 aliphatic carbocycles. The molecule has 0 atom stereocenters. The predicted octanol–water partition coefficient (Wildman–Crippen LogP) is 5.93. The van der Waals surface area contributed by atoms with Crippen molar-refractivity contribution in [2.24, 2.45) is 5.92 Å². The van der Waals surface area contributed by atoms with E-state index in [0.717, 1.165) is 17.4 Å². The summed E-state index contributed by atoms with van der Waals surface area (Å²) in [5.41, 5.74) is -0.750. The van der Waals surface area contributed by atoms with Crippen LogP contribution >= 0.6 is 22.9 Å². The lowest BCUT2D eigenvalue weighted by Crippen LogP contribution is -2.06. The van der Waals surface area contributed by atoms with Crippen LogP contribution in [0.15, 0.2) is 30.3 Å². The van der Waals surface area contributed by atoms with Gasteiger partial charge in [-0.1, -0.05) is 31.5 Å². The molecule has 0 saturated carbocycles. The number of Topliss-reactive ketones (excluding diaryl/α,β-unsaturated/α-hetero) is 1. The number of alkyl halides is 3. The zero-order valence-corrected chi connectivity index (χ0v) is 12.9. The molecule has 0 saturated heterocycles. The highest BCUT2D eigenvalue weighted by Gasteiger charge is 2.34. The molecular weight excluding hydrogens is 321 g/mol. The molecule has 6 heteroatoms. The van der Waals surface area contributed by atoms with E-state index in [1.165, 1.54) is 12.1 Å². The molecule has 1 nitrogen and oxygen atoms in total. The first-order valence-corrected chi connectivity index (χ1v) is 7.40. The third kappa shape index (κ3) is 3.47. The number of hydrogen-bond acceptors (Lipinski definition) is 2. The molecular formula is C15H12ClF3OS. The maximum atomic E-state index is 13.1. The molecule has 1 aromatic heterocycles. The molecule has 0 fully saturated rings. The van der Waals surface area contributed by atoms with Crippen molar-refractivity contribution in [2.45, 2.75) is 20.0 Å². The van der Waals surface area contributed by atoms with Gasteiger partial charge in [-0.2, -0.15) is 13.2 Å². The minimum atomic E-state index is -4.49. The monoisotopic (exact) mass is 332 g/mol. The van der Waals surface area contributed by atoms with Crippen molar-refractivity contribution in [1.29, 1.82) is 0 Å². The summed E-state index contributed by atoms with van der Waals surface area (Å²) in [6, 6.07) is 6.76. The van der Waals surface area contributed by atoms with Gasteiger partial charge in [0.05, 0.1) is 10.4 Å². The van der Waals surface area contributed by atoms with Gasteiger partial charge in [-0.05, 0) is 24.3 Å². The van der Waals surface area contributed by atoms with Crippen LogP contribution < -0.4 is 0 Å². The number of ketones is 1. The van der Waals surface area contributed by atoms with Gasteiger partial charge >= 0.3 is 6.18 Å². The minimum absolute atomic E-state index is 0.0288. The number of carbonyl (C=O) groups excluding carboxylic acids is 1. The summed E-state index contributed by atoms with van der Waals surface area (Å²) in [6.45, 7) is 3.51. The second-order valence-corrected chi connectivity index (χ2v) is 6.39. The van der Waals surface area contributed by atoms with Crippen LogP contribution in [0, 0.1) is 5.92 Å². The number of thiophene rings is 1. The molecule has 2 aromatic rings. The van der Waals surface area contributed by atoms with Crippen LogP contribution in [0.25, 0.3) is 10.4 Å². The Kier molecular flexibility index (Phi) is 4.44. The normalized spacial score (nSPS) is 12.0. The van der Waals surface area contributed by atoms with Crippen LogP contribution in [-0.4, -0.2) is 5.78 Å². The smallest absolute Gasteiger partial charge is 0.293 e. The van der Waals surface area contributed by atoms with Gasteiger partial charge in [0.2, 0.25) is 0 Å². The van der Waals surface area contributed by atoms with Crippen molar-refractivity contribution in [2.75, 3.05) is 0 Å². The van der Waals surface area contributed by atoms with Crippen molar-refractivity contribution < 1.29 is 18.0 Å². The Labute approximate surface area is 129 Å². The summed E-state index contributed by atoms with van der Waals surface area (Å²) < 4.78 is 39.3. The van der Waals surface area contributed by atoms with Gasteiger partial charge in [-0.25, -0.2) is 0 Å². The number of rotatable bonds is 3. The molecule has 21 heavy (non-hydrogen) atoms. The second kappa shape index (κ2) is 5.81. The standard InChI is InChI=1S/C15H12ClF3OS/c1-8(2)14(20)13-6-5-12(21-13)10-4-3-9(16)7-11(10)15(17,18)19/h3-8H,1-2H3. The molecule has 1 aromatic carbocycles. The summed E-state index contributed by atoms with van der Waals surface area (Å²) in [6.07, 6.45) is -4.49. The lowest BCUT2D eigenvalue weighted by molar-refractivity contribution is -0.137. The van der Waals surface area contributed by atoms with Crippen molar-refractivity contribution >= 4 is 28.7 Å². The maximum absolute atomic E-state index is 13.1. The summed E-state index contributed by atoms with van der Waals surface area (Å²) in [7, 11) is 0. The van der Waals surface area contributed by atoms with Gasteiger partial charge in [0.25, 0.3) is 0 Å². The zero-order chi connectivity index (χ0) is 15.8. The first-order chi connectivity index (χ1) is 9.70. The third-order valence-electron chi connectivity index (χ3n) is 2.93. The Bertz CT molecular complexity index is 674. The van der Waals surface area contributed by atoms with E-state index < -0.39 is 11.7 Å². The number of halogens is 4. The van der Waals surface area contributed by atoms with E-state index in [0.29, 0.717) is 9.75 Å². The lowest BCUT2D eigenvalue weighted by Gasteiger charge is -2.12. The number of carbonyl (C=O) groups is 1.